The quantitative estimate of drug-likeness (QED) is 0.451. The third kappa shape index (κ3) is 3.11. The number of hydrogen-bond acceptors (Lipinski definition) is 3. The number of rotatable bonds is 4. The Morgan fingerprint density at radius 3 is 2.75 bits per heavy atom. The van der Waals surface area contributed by atoms with Crippen LogP contribution >= 0.6 is 0 Å². The molecule has 0 fully saturated rings. The van der Waals surface area contributed by atoms with Gasteiger partial charge in [0.2, 0.25) is 5.78 Å². The number of carbonyl (C=O) groups is 1. The molecule has 4 rings (SSSR count). The second-order valence-electron chi connectivity index (χ2n) is 7.31. The van der Waals surface area contributed by atoms with Gasteiger partial charge in [0.25, 0.3) is 0 Å². The van der Waals surface area contributed by atoms with Crippen LogP contribution in [0.5, 0.6) is 11.5 Å². The Labute approximate surface area is 164 Å². The Morgan fingerprint density at radius 1 is 1.18 bits per heavy atom. The summed E-state index contributed by atoms with van der Waals surface area (Å²) >= 11 is 0. The fourth-order valence-electron chi connectivity index (χ4n) is 3.45. The lowest BCUT2D eigenvalue weighted by molar-refractivity contribution is 0.101. The van der Waals surface area contributed by atoms with Gasteiger partial charge in [0, 0.05) is 35.3 Å². The number of nitrogens with zero attached hydrogens (tertiary/aromatic N) is 1. The lowest BCUT2D eigenvalue weighted by Gasteiger charge is -2.10. The molecule has 0 radical (unpaired) electrons. The maximum absolute atomic E-state index is 12.9. The number of Topliss-reactive ketones (excluding diaryl/α,β-unsaturated/α-hetero) is 1. The Bertz CT molecular complexity index is 1140. The van der Waals surface area contributed by atoms with Crippen molar-refractivity contribution >= 4 is 22.8 Å². The molecular weight excluding hydrogens is 350 g/mol. The molecule has 2 heterocycles. The Hall–Kier alpha value is -3.27. The van der Waals surface area contributed by atoms with Gasteiger partial charge < -0.3 is 14.0 Å². The van der Waals surface area contributed by atoms with Crippen molar-refractivity contribution in [1.29, 1.82) is 0 Å². The Kier molecular flexibility index (Phi) is 4.55. The van der Waals surface area contributed by atoms with Crippen molar-refractivity contribution in [3.05, 3.63) is 76.7 Å². The van der Waals surface area contributed by atoms with Crippen molar-refractivity contribution in [2.24, 2.45) is 7.05 Å². The van der Waals surface area contributed by atoms with Crippen molar-refractivity contribution in [2.75, 3.05) is 6.61 Å². The van der Waals surface area contributed by atoms with Gasteiger partial charge in [-0.1, -0.05) is 23.8 Å². The maximum Gasteiger partial charge on any atom is 0.231 e. The number of allylic oxidation sites excluding steroid dienone is 2. The molecule has 1 aliphatic heterocycles. The van der Waals surface area contributed by atoms with Crippen LogP contribution in [0.4, 0.5) is 0 Å². The average molecular weight is 373 g/mol. The molecule has 0 atom stereocenters. The van der Waals surface area contributed by atoms with Gasteiger partial charge in [-0.3, -0.25) is 4.79 Å². The average Bonchev–Trinajstić information content (AvgIpc) is 3.16. The van der Waals surface area contributed by atoms with E-state index in [0.29, 0.717) is 23.7 Å². The van der Waals surface area contributed by atoms with Crippen LogP contribution < -0.4 is 9.47 Å². The van der Waals surface area contributed by atoms with E-state index < -0.39 is 0 Å². The molecule has 4 heteroatoms. The maximum atomic E-state index is 12.9. The smallest absolute Gasteiger partial charge is 0.231 e. The van der Waals surface area contributed by atoms with E-state index in [9.17, 15) is 4.79 Å². The first-order valence-electron chi connectivity index (χ1n) is 9.34. The monoisotopic (exact) mass is 373 g/mol. The van der Waals surface area contributed by atoms with Crippen LogP contribution in [0.3, 0.4) is 0 Å². The number of carbonyl (C=O) groups excluding carboxylic acids is 1. The summed E-state index contributed by atoms with van der Waals surface area (Å²) in [6.07, 6.45) is 5.86. The summed E-state index contributed by atoms with van der Waals surface area (Å²) in [5, 5.41) is 1.09. The number of aromatic nitrogens is 1. The summed E-state index contributed by atoms with van der Waals surface area (Å²) in [7, 11) is 2.00. The van der Waals surface area contributed by atoms with Crippen molar-refractivity contribution in [1.82, 2.24) is 4.57 Å². The molecule has 0 saturated heterocycles. The lowest BCUT2D eigenvalue weighted by Crippen LogP contribution is -1.98. The molecule has 0 aliphatic carbocycles. The van der Waals surface area contributed by atoms with E-state index in [-0.39, 0.29) is 5.78 Å². The van der Waals surface area contributed by atoms with Crippen LogP contribution in [0.2, 0.25) is 0 Å². The normalized spacial score (nSPS) is 14.3. The second kappa shape index (κ2) is 7.04. The van der Waals surface area contributed by atoms with Crippen molar-refractivity contribution in [2.45, 2.75) is 20.8 Å². The zero-order chi connectivity index (χ0) is 19.8. The minimum absolute atomic E-state index is 0.0955. The van der Waals surface area contributed by atoms with Crippen LogP contribution in [-0.2, 0) is 7.05 Å². The SMILES string of the molecule is CC(C)=CCOc1ccc2c(c1C)O/C(=C\c1cn(C)c3ccccc13)C2=O. The lowest BCUT2D eigenvalue weighted by atomic mass is 10.1. The minimum Gasteiger partial charge on any atom is -0.489 e. The van der Waals surface area contributed by atoms with Gasteiger partial charge in [0.05, 0.1) is 5.56 Å². The number of benzene rings is 2. The summed E-state index contributed by atoms with van der Waals surface area (Å²) in [5.74, 6) is 1.57. The van der Waals surface area contributed by atoms with E-state index in [1.165, 1.54) is 5.57 Å². The van der Waals surface area contributed by atoms with E-state index in [1.807, 2.05) is 64.4 Å². The molecule has 1 aromatic heterocycles. The fourth-order valence-corrected chi connectivity index (χ4v) is 3.45. The number of aryl methyl sites for hydroxylation is 1. The molecule has 28 heavy (non-hydrogen) atoms. The van der Waals surface area contributed by atoms with Crippen molar-refractivity contribution in [3.8, 4) is 11.5 Å². The van der Waals surface area contributed by atoms with Crippen LogP contribution in [0.1, 0.15) is 35.3 Å². The third-order valence-electron chi connectivity index (χ3n) is 4.98. The number of ketones is 1. The highest BCUT2D eigenvalue weighted by molar-refractivity contribution is 6.15. The van der Waals surface area contributed by atoms with Crippen molar-refractivity contribution < 1.29 is 14.3 Å². The molecule has 1 aliphatic rings. The van der Waals surface area contributed by atoms with Crippen LogP contribution in [-0.4, -0.2) is 17.0 Å². The van der Waals surface area contributed by atoms with Gasteiger partial charge in [0.15, 0.2) is 5.76 Å². The number of hydrogen-bond donors (Lipinski definition) is 0. The van der Waals surface area contributed by atoms with E-state index >= 15 is 0 Å². The highest BCUT2D eigenvalue weighted by Crippen LogP contribution is 2.39. The predicted molar refractivity (Wildman–Crippen MR) is 112 cm³/mol. The molecule has 0 spiro atoms. The summed E-state index contributed by atoms with van der Waals surface area (Å²) in [6, 6.07) is 11.7. The molecule has 3 aromatic rings. The summed E-state index contributed by atoms with van der Waals surface area (Å²) in [4.78, 5) is 12.9. The number of fused-ring (bicyclic) bond motifs is 2. The van der Waals surface area contributed by atoms with E-state index in [2.05, 4.69) is 16.7 Å². The van der Waals surface area contributed by atoms with E-state index in [0.717, 1.165) is 27.8 Å². The highest BCUT2D eigenvalue weighted by Gasteiger charge is 2.30. The Balaban J connectivity index is 1.68. The second-order valence-corrected chi connectivity index (χ2v) is 7.31. The third-order valence-corrected chi connectivity index (χ3v) is 4.98. The van der Waals surface area contributed by atoms with Crippen LogP contribution in [0, 0.1) is 6.92 Å². The molecule has 0 bridgehead atoms. The van der Waals surface area contributed by atoms with Crippen LogP contribution in [0.25, 0.3) is 17.0 Å². The largest absolute Gasteiger partial charge is 0.489 e. The molecule has 0 amide bonds. The molecule has 0 N–H and O–H groups in total. The van der Waals surface area contributed by atoms with E-state index in [4.69, 9.17) is 9.47 Å². The highest BCUT2D eigenvalue weighted by atomic mass is 16.5. The topological polar surface area (TPSA) is 40.5 Å². The number of ether oxygens (including phenoxy) is 2. The molecule has 2 aromatic carbocycles. The first-order chi connectivity index (χ1) is 13.5. The molecule has 142 valence electrons. The van der Waals surface area contributed by atoms with Crippen molar-refractivity contribution in [3.63, 3.8) is 0 Å². The van der Waals surface area contributed by atoms with Gasteiger partial charge in [-0.15, -0.1) is 0 Å². The van der Waals surface area contributed by atoms with E-state index in [1.54, 1.807) is 6.07 Å². The van der Waals surface area contributed by atoms with Gasteiger partial charge in [-0.25, -0.2) is 0 Å². The fraction of sp³-hybridized carbons (Fsp3) is 0.208. The Morgan fingerprint density at radius 2 is 1.96 bits per heavy atom. The minimum atomic E-state index is -0.0955. The molecule has 4 nitrogen and oxygen atoms in total. The van der Waals surface area contributed by atoms with Gasteiger partial charge in [0.1, 0.15) is 18.1 Å². The predicted octanol–water partition coefficient (Wildman–Crippen LogP) is 5.45. The van der Waals surface area contributed by atoms with Gasteiger partial charge in [-0.05, 0) is 51.1 Å². The molecule has 0 unspecified atom stereocenters. The first-order valence-corrected chi connectivity index (χ1v) is 9.34. The molecule has 0 saturated carbocycles. The first kappa shape index (κ1) is 18.1. The summed E-state index contributed by atoms with van der Waals surface area (Å²) < 4.78 is 13.9. The van der Waals surface area contributed by atoms with Gasteiger partial charge >= 0.3 is 0 Å². The zero-order valence-corrected chi connectivity index (χ0v) is 16.6. The summed E-state index contributed by atoms with van der Waals surface area (Å²) in [6.45, 7) is 6.48. The van der Waals surface area contributed by atoms with Crippen LogP contribution in [0.15, 0.2) is 60.0 Å². The standard InChI is InChI=1S/C24H23NO3/c1-15(2)11-12-27-21-10-9-19-23(26)22(28-24(19)16(21)3)13-17-14-25(4)20-8-6-5-7-18(17)20/h5-11,13-14H,12H2,1-4H3/b22-13-. The number of para-hydroxylation sites is 1. The zero-order valence-electron chi connectivity index (χ0n) is 16.6. The molecular formula is C24H23NO3. The van der Waals surface area contributed by atoms with Gasteiger partial charge in [-0.2, -0.15) is 0 Å². The summed E-state index contributed by atoms with van der Waals surface area (Å²) in [5.41, 5.74) is 4.70.